The molecule has 0 spiro atoms. The fourth-order valence-corrected chi connectivity index (χ4v) is 6.13. The van der Waals surface area contributed by atoms with Crippen LogP contribution in [0.1, 0.15) is 78.1 Å². The van der Waals surface area contributed by atoms with Gasteiger partial charge in [0.05, 0.1) is 13.5 Å². The molecular weight excluding hydrogens is 376 g/mol. The summed E-state index contributed by atoms with van der Waals surface area (Å²) in [7, 11) is 3.69. The quantitative estimate of drug-likeness (QED) is 0.723. The highest BCUT2D eigenvalue weighted by Gasteiger charge is 2.35. The normalized spacial score (nSPS) is 38.4. The molecule has 1 saturated heterocycles. The van der Waals surface area contributed by atoms with E-state index in [9.17, 15) is 0 Å². The molecule has 0 aromatic carbocycles. The second-order valence-electron chi connectivity index (χ2n) is 10.0. The average molecular weight is 425 g/mol. The third-order valence-electron chi connectivity index (χ3n) is 7.81. The molecule has 2 N–H and O–H groups in total. The Morgan fingerprint density at radius 2 is 1.43 bits per heavy atom. The molecule has 6 heteroatoms. The van der Waals surface area contributed by atoms with E-state index >= 15 is 0 Å². The smallest absolute Gasteiger partial charge is 0.0991 e. The first-order valence-corrected chi connectivity index (χ1v) is 12.6. The van der Waals surface area contributed by atoms with Crippen molar-refractivity contribution in [3.63, 3.8) is 0 Å². The maximum Gasteiger partial charge on any atom is 0.0991 e. The van der Waals surface area contributed by atoms with E-state index in [1.54, 1.807) is 0 Å². The molecule has 0 bridgehead atoms. The van der Waals surface area contributed by atoms with Crippen LogP contribution in [0.5, 0.6) is 0 Å². The maximum absolute atomic E-state index is 5.70. The zero-order valence-corrected chi connectivity index (χ0v) is 20.1. The van der Waals surface area contributed by atoms with Crippen molar-refractivity contribution in [3.8, 4) is 0 Å². The maximum atomic E-state index is 5.70. The first-order valence-electron chi connectivity index (χ1n) is 12.6. The molecule has 4 unspecified atom stereocenters. The topological polar surface area (TPSA) is 49.0 Å². The highest BCUT2D eigenvalue weighted by atomic mass is 16.5. The van der Waals surface area contributed by atoms with Crippen LogP contribution in [0.25, 0.3) is 0 Å². The van der Waals surface area contributed by atoms with Gasteiger partial charge in [0.15, 0.2) is 0 Å². The summed E-state index contributed by atoms with van der Waals surface area (Å²) in [4.78, 5) is 5.26. The standard InChI is InChI=1S/C24H48N4O2/c1-19-13-15-25-21-9-5-8-12-24(21)28(18-30-4)20(2)14-16-27(17-29-3)23-11-7-6-10-22(23)26-19/h19-26H,5-18H2,1-4H3/t19-,20+,21?,22?,23?,24?/m0/s1. The molecule has 3 aliphatic rings. The molecule has 30 heavy (non-hydrogen) atoms. The van der Waals surface area contributed by atoms with Crippen molar-refractivity contribution in [2.45, 2.75) is 114 Å². The minimum atomic E-state index is 0.508. The summed E-state index contributed by atoms with van der Waals surface area (Å²) in [5.74, 6) is 0. The number of fused-ring (bicyclic) bond motifs is 2. The van der Waals surface area contributed by atoms with E-state index in [2.05, 4.69) is 34.3 Å². The van der Waals surface area contributed by atoms with Gasteiger partial charge in [-0.25, -0.2) is 0 Å². The Morgan fingerprint density at radius 1 is 0.767 bits per heavy atom. The second kappa shape index (κ2) is 12.7. The highest BCUT2D eigenvalue weighted by molar-refractivity contribution is 4.93. The molecular formula is C24H48N4O2. The molecule has 1 aliphatic heterocycles. The molecule has 6 atom stereocenters. The first-order chi connectivity index (χ1) is 14.6. The van der Waals surface area contributed by atoms with E-state index < -0.39 is 0 Å². The van der Waals surface area contributed by atoms with E-state index in [-0.39, 0.29) is 0 Å². The van der Waals surface area contributed by atoms with Crippen molar-refractivity contribution in [1.29, 1.82) is 0 Å². The highest BCUT2D eigenvalue weighted by Crippen LogP contribution is 2.28. The minimum Gasteiger partial charge on any atom is -0.369 e. The van der Waals surface area contributed by atoms with Crippen LogP contribution >= 0.6 is 0 Å². The lowest BCUT2D eigenvalue weighted by Gasteiger charge is -2.45. The van der Waals surface area contributed by atoms with Gasteiger partial charge < -0.3 is 20.1 Å². The first kappa shape index (κ1) is 24.4. The summed E-state index contributed by atoms with van der Waals surface area (Å²) in [6, 6.07) is 3.39. The monoisotopic (exact) mass is 424 g/mol. The van der Waals surface area contributed by atoms with Crippen LogP contribution in [0.15, 0.2) is 0 Å². The number of ether oxygens (including phenoxy) is 2. The SMILES string of the molecule is COCN1CC[C@@H](C)N(COC)C2CCCCC2NCC[C@H](C)NC2CCCCC21. The Morgan fingerprint density at radius 3 is 2.17 bits per heavy atom. The van der Waals surface area contributed by atoms with Crippen LogP contribution in [0.4, 0.5) is 0 Å². The Kier molecular flexibility index (Phi) is 10.3. The van der Waals surface area contributed by atoms with E-state index in [4.69, 9.17) is 9.47 Å². The van der Waals surface area contributed by atoms with Gasteiger partial charge >= 0.3 is 0 Å². The number of nitrogens with one attached hydrogen (secondary N) is 2. The number of methoxy groups -OCH3 is 2. The molecule has 0 radical (unpaired) electrons. The van der Waals surface area contributed by atoms with Crippen LogP contribution in [-0.2, 0) is 9.47 Å². The van der Waals surface area contributed by atoms with Gasteiger partial charge in [-0.2, -0.15) is 0 Å². The molecule has 0 aromatic heterocycles. The van der Waals surface area contributed by atoms with Gasteiger partial charge in [-0.05, 0) is 58.9 Å². The largest absolute Gasteiger partial charge is 0.369 e. The molecule has 0 amide bonds. The van der Waals surface area contributed by atoms with Gasteiger partial charge in [0.1, 0.15) is 0 Å². The van der Waals surface area contributed by atoms with Crippen molar-refractivity contribution in [2.75, 3.05) is 40.8 Å². The van der Waals surface area contributed by atoms with E-state index in [1.807, 2.05) is 14.2 Å². The average Bonchev–Trinajstić information content (AvgIpc) is 2.75. The Hall–Kier alpha value is -0.240. The zero-order chi connectivity index (χ0) is 21.3. The Bertz CT molecular complexity index is 480. The lowest BCUT2D eigenvalue weighted by Crippen LogP contribution is -2.58. The van der Waals surface area contributed by atoms with E-state index in [0.717, 1.165) is 33.0 Å². The molecule has 0 aromatic rings. The van der Waals surface area contributed by atoms with Crippen LogP contribution < -0.4 is 10.6 Å². The van der Waals surface area contributed by atoms with Gasteiger partial charge in [0.25, 0.3) is 0 Å². The van der Waals surface area contributed by atoms with E-state index in [0.29, 0.717) is 36.3 Å². The van der Waals surface area contributed by atoms with Gasteiger partial charge in [0.2, 0.25) is 0 Å². The molecule has 2 saturated carbocycles. The van der Waals surface area contributed by atoms with Gasteiger partial charge in [-0.3, -0.25) is 9.80 Å². The van der Waals surface area contributed by atoms with Gasteiger partial charge in [-0.1, -0.05) is 25.7 Å². The van der Waals surface area contributed by atoms with Crippen LogP contribution in [0, 0.1) is 0 Å². The van der Waals surface area contributed by atoms with Gasteiger partial charge in [-0.15, -0.1) is 0 Å². The van der Waals surface area contributed by atoms with Crippen molar-refractivity contribution in [3.05, 3.63) is 0 Å². The van der Waals surface area contributed by atoms with E-state index in [1.165, 1.54) is 57.8 Å². The minimum absolute atomic E-state index is 0.508. The second-order valence-corrected chi connectivity index (χ2v) is 10.0. The Balaban J connectivity index is 1.78. The lowest BCUT2D eigenvalue weighted by molar-refractivity contribution is -0.0315. The fourth-order valence-electron chi connectivity index (χ4n) is 6.13. The van der Waals surface area contributed by atoms with Crippen LogP contribution in [-0.4, -0.2) is 86.8 Å². The number of nitrogens with zero attached hydrogens (tertiary/aromatic N) is 2. The predicted molar refractivity (Wildman–Crippen MR) is 124 cm³/mol. The lowest BCUT2D eigenvalue weighted by atomic mass is 9.87. The summed E-state index contributed by atoms with van der Waals surface area (Å²) in [5, 5.41) is 7.95. The summed E-state index contributed by atoms with van der Waals surface area (Å²) in [6.07, 6.45) is 12.9. The summed E-state index contributed by atoms with van der Waals surface area (Å²) in [6.45, 7) is 8.44. The molecule has 3 rings (SSSR count). The molecule has 1 heterocycles. The zero-order valence-electron chi connectivity index (χ0n) is 20.1. The molecule has 2 aliphatic carbocycles. The number of hydrogen-bond donors (Lipinski definition) is 2. The van der Waals surface area contributed by atoms with Crippen LogP contribution in [0.2, 0.25) is 0 Å². The van der Waals surface area contributed by atoms with Crippen molar-refractivity contribution >= 4 is 0 Å². The fraction of sp³-hybridized carbons (Fsp3) is 1.00. The predicted octanol–water partition coefficient (Wildman–Crippen LogP) is 3.17. The third-order valence-corrected chi connectivity index (χ3v) is 7.81. The summed E-state index contributed by atoms with van der Waals surface area (Å²) >= 11 is 0. The van der Waals surface area contributed by atoms with Crippen LogP contribution in [0.3, 0.4) is 0 Å². The van der Waals surface area contributed by atoms with Crippen molar-refractivity contribution in [2.24, 2.45) is 0 Å². The summed E-state index contributed by atoms with van der Waals surface area (Å²) in [5.41, 5.74) is 0. The summed E-state index contributed by atoms with van der Waals surface area (Å²) < 4.78 is 11.4. The number of hydrogen-bond acceptors (Lipinski definition) is 6. The van der Waals surface area contributed by atoms with Crippen molar-refractivity contribution < 1.29 is 9.47 Å². The molecule has 176 valence electrons. The molecule has 6 nitrogen and oxygen atoms in total. The molecule has 3 fully saturated rings. The Labute approximate surface area is 185 Å². The van der Waals surface area contributed by atoms with Crippen molar-refractivity contribution in [1.82, 2.24) is 20.4 Å². The number of rotatable bonds is 4. The third kappa shape index (κ3) is 6.63. The van der Waals surface area contributed by atoms with Gasteiger partial charge in [0, 0.05) is 57.0 Å².